The minimum Gasteiger partial charge on any atom is -0.455 e. The summed E-state index contributed by atoms with van der Waals surface area (Å²) in [5.74, 6) is -4.26. The molecule has 4 heterocycles. The first-order valence-electron chi connectivity index (χ1n) is 16.5. The van der Waals surface area contributed by atoms with Crippen molar-refractivity contribution in [2.24, 2.45) is 11.8 Å². The molecule has 2 saturated heterocycles. The lowest BCUT2D eigenvalue weighted by molar-refractivity contribution is -0.160. The van der Waals surface area contributed by atoms with Crippen molar-refractivity contribution in [1.29, 1.82) is 0 Å². The minimum absolute atomic E-state index is 0.0193. The summed E-state index contributed by atoms with van der Waals surface area (Å²) in [6, 6.07) is 22.7. The molecule has 7 atom stereocenters. The van der Waals surface area contributed by atoms with Crippen molar-refractivity contribution in [2.75, 3.05) is 24.6 Å². The van der Waals surface area contributed by atoms with Gasteiger partial charge in [0.2, 0.25) is 11.8 Å². The Hall–Kier alpha value is -4.29. The van der Waals surface area contributed by atoms with Gasteiger partial charge in [0, 0.05) is 17.4 Å². The molecule has 5 bridgehead atoms. The molecule has 12 heteroatoms. The third-order valence-electron chi connectivity index (χ3n) is 9.88. The maximum absolute atomic E-state index is 15.2. The van der Waals surface area contributed by atoms with E-state index in [4.69, 9.17) is 21.1 Å². The van der Waals surface area contributed by atoms with Gasteiger partial charge in [-0.1, -0.05) is 112 Å². The summed E-state index contributed by atoms with van der Waals surface area (Å²) >= 11 is 10.3. The van der Waals surface area contributed by atoms with Gasteiger partial charge in [-0.3, -0.25) is 19.2 Å². The fourth-order valence-electron chi connectivity index (χ4n) is 7.62. The van der Waals surface area contributed by atoms with Gasteiger partial charge in [0.15, 0.2) is 0 Å². The molecule has 50 heavy (non-hydrogen) atoms. The lowest BCUT2D eigenvalue weighted by Gasteiger charge is -2.39. The van der Waals surface area contributed by atoms with E-state index in [9.17, 15) is 19.5 Å². The maximum Gasteiger partial charge on any atom is 0.313 e. The molecule has 0 unspecified atom stereocenters. The lowest BCUT2D eigenvalue weighted by Crippen LogP contribution is -2.57. The molecule has 0 aliphatic carbocycles. The number of ether oxygens (including phenoxy) is 2. The molecular weight excluding hydrogens is 726 g/mol. The number of carbonyl (C=O) groups is 4. The highest BCUT2D eigenvalue weighted by Gasteiger charge is 2.75. The molecule has 0 aromatic heterocycles. The zero-order valence-electron chi connectivity index (χ0n) is 26.9. The number of anilines is 1. The third-order valence-corrected chi connectivity index (χ3v) is 10.9. The number of esters is 1. The molecule has 3 amide bonds. The van der Waals surface area contributed by atoms with Crippen LogP contribution in [0.3, 0.4) is 0 Å². The Balaban J connectivity index is 1.39. The average Bonchev–Trinajstić information content (AvgIpc) is 3.72. The molecule has 4 aliphatic rings. The van der Waals surface area contributed by atoms with E-state index >= 15 is 4.79 Å². The molecule has 3 aromatic rings. The predicted octanol–water partition coefficient (Wildman–Crippen LogP) is 5.03. The van der Waals surface area contributed by atoms with Crippen LogP contribution >= 0.6 is 27.5 Å². The second kappa shape index (κ2) is 14.1. The van der Waals surface area contributed by atoms with Gasteiger partial charge >= 0.3 is 5.97 Å². The fraction of sp³-hybridized carbons (Fsp3) is 0.316. The SMILES string of the molecule is O=C1CC/C=C\CN(c2ccccc2Cl)C(=O)[C@H]2N([C@H](CO)c3ccccc3)C(=O)[C@@H]3[C@@H](C(=O)O[C@@H](c4ccccc4)CN1)[C@@H]1O[C@@]32C=C1Br. The predicted molar refractivity (Wildman–Crippen MR) is 189 cm³/mol. The Morgan fingerprint density at radius 1 is 0.940 bits per heavy atom. The number of rotatable bonds is 5. The summed E-state index contributed by atoms with van der Waals surface area (Å²) < 4.78 is 13.3. The average molecular weight is 761 g/mol. The number of aliphatic hydroxyl groups is 1. The van der Waals surface area contributed by atoms with E-state index < -0.39 is 66.1 Å². The van der Waals surface area contributed by atoms with Crippen molar-refractivity contribution in [3.8, 4) is 0 Å². The Morgan fingerprint density at radius 3 is 2.36 bits per heavy atom. The number of likely N-dealkylation sites (tertiary alicyclic amines) is 1. The molecule has 0 radical (unpaired) electrons. The Labute approximate surface area is 302 Å². The summed E-state index contributed by atoms with van der Waals surface area (Å²) in [4.78, 5) is 60.2. The standard InChI is InChI=1S/C38H35BrClN3O7/c39-25-20-38-32-31(33(25)50-38)37(48)49-29(24-14-6-2-7-15-24)21-41-30(45)18-8-3-11-19-42(27-17-10-9-16-26(27)40)36(47)34(38)43(35(32)46)28(22-44)23-12-4-1-5-13-23/h1-7,9-17,20,28-29,31-34,44H,8,18-19,21-22H2,(H,41,45)/b11-3-/t28-,29-,31-,32+,33-,34-,38+/m1/s1. The van der Waals surface area contributed by atoms with Crippen LogP contribution in [-0.4, -0.2) is 71.1 Å². The Kier molecular flexibility index (Phi) is 9.67. The number of carbonyl (C=O) groups excluding carboxylic acids is 4. The van der Waals surface area contributed by atoms with Crippen molar-refractivity contribution >= 4 is 56.9 Å². The van der Waals surface area contributed by atoms with E-state index in [0.717, 1.165) is 0 Å². The smallest absolute Gasteiger partial charge is 0.313 e. The molecular formula is C38H35BrClN3O7. The monoisotopic (exact) mass is 759 g/mol. The first-order chi connectivity index (χ1) is 24.2. The number of benzene rings is 3. The van der Waals surface area contributed by atoms with Crippen molar-refractivity contribution in [3.05, 3.63) is 124 Å². The van der Waals surface area contributed by atoms with E-state index in [1.807, 2.05) is 30.3 Å². The number of nitrogens with zero attached hydrogens (tertiary/aromatic N) is 2. The number of nitrogens with one attached hydrogen (secondary N) is 1. The first-order valence-corrected chi connectivity index (χ1v) is 17.7. The van der Waals surface area contributed by atoms with Crippen LogP contribution in [0.4, 0.5) is 5.69 Å². The highest BCUT2D eigenvalue weighted by Crippen LogP contribution is 2.60. The van der Waals surface area contributed by atoms with Crippen LogP contribution in [0, 0.1) is 11.8 Å². The van der Waals surface area contributed by atoms with Crippen LogP contribution in [0.15, 0.2) is 108 Å². The third kappa shape index (κ3) is 5.96. The van der Waals surface area contributed by atoms with E-state index in [2.05, 4.69) is 21.2 Å². The van der Waals surface area contributed by atoms with Crippen LogP contribution in [0.5, 0.6) is 0 Å². The zero-order chi connectivity index (χ0) is 35.0. The van der Waals surface area contributed by atoms with E-state index in [1.54, 1.807) is 72.8 Å². The molecule has 1 spiro atoms. The topological polar surface area (TPSA) is 125 Å². The van der Waals surface area contributed by atoms with E-state index in [0.29, 0.717) is 32.7 Å². The second-order valence-corrected chi connectivity index (χ2v) is 14.1. The summed E-state index contributed by atoms with van der Waals surface area (Å²) in [6.45, 7) is -0.409. The van der Waals surface area contributed by atoms with Gasteiger partial charge in [0.05, 0.1) is 35.8 Å². The maximum atomic E-state index is 15.2. The first kappa shape index (κ1) is 34.2. The summed E-state index contributed by atoms with van der Waals surface area (Å²) in [7, 11) is 0. The molecule has 2 N–H and O–H groups in total. The highest BCUT2D eigenvalue weighted by atomic mass is 79.9. The van der Waals surface area contributed by atoms with Gasteiger partial charge in [-0.05, 0) is 35.8 Å². The molecule has 2 fully saturated rings. The van der Waals surface area contributed by atoms with Gasteiger partial charge < -0.3 is 29.7 Å². The molecule has 7 rings (SSSR count). The number of fused-ring (bicyclic) bond motifs is 2. The van der Waals surface area contributed by atoms with E-state index in [1.165, 1.54) is 9.80 Å². The van der Waals surface area contributed by atoms with Gasteiger partial charge in [0.1, 0.15) is 29.8 Å². The zero-order valence-corrected chi connectivity index (χ0v) is 29.2. The van der Waals surface area contributed by atoms with Crippen LogP contribution in [-0.2, 0) is 28.7 Å². The van der Waals surface area contributed by atoms with Gasteiger partial charge in [-0.15, -0.1) is 0 Å². The molecule has 4 aliphatic heterocycles. The van der Waals surface area contributed by atoms with Gasteiger partial charge in [0.25, 0.3) is 5.91 Å². The second-order valence-electron chi connectivity index (χ2n) is 12.7. The van der Waals surface area contributed by atoms with Crippen LogP contribution in [0.2, 0.25) is 5.02 Å². The number of hydrogen-bond acceptors (Lipinski definition) is 7. The number of allylic oxidation sites excluding steroid dienone is 1. The van der Waals surface area contributed by atoms with Gasteiger partial charge in [-0.2, -0.15) is 0 Å². The lowest BCUT2D eigenvalue weighted by atomic mass is 9.74. The number of cyclic esters (lactones) is 1. The van der Waals surface area contributed by atoms with Crippen molar-refractivity contribution in [1.82, 2.24) is 10.2 Å². The molecule has 10 nitrogen and oxygen atoms in total. The number of para-hydroxylation sites is 1. The van der Waals surface area contributed by atoms with Crippen molar-refractivity contribution in [2.45, 2.75) is 42.7 Å². The molecule has 258 valence electrons. The summed E-state index contributed by atoms with van der Waals surface area (Å²) in [5.41, 5.74) is 0.0984. The van der Waals surface area contributed by atoms with Crippen LogP contribution < -0.4 is 10.2 Å². The molecule has 3 aromatic carbocycles. The van der Waals surface area contributed by atoms with E-state index in [-0.39, 0.29) is 25.4 Å². The Morgan fingerprint density at radius 2 is 1.64 bits per heavy atom. The quantitative estimate of drug-likeness (QED) is 0.276. The number of aliphatic hydroxyl groups excluding tert-OH is 1. The van der Waals surface area contributed by atoms with Crippen molar-refractivity contribution < 1.29 is 33.8 Å². The Bertz CT molecular complexity index is 1860. The largest absolute Gasteiger partial charge is 0.455 e. The van der Waals surface area contributed by atoms with Crippen molar-refractivity contribution in [3.63, 3.8) is 0 Å². The van der Waals surface area contributed by atoms with Crippen LogP contribution in [0.25, 0.3) is 0 Å². The number of amides is 3. The summed E-state index contributed by atoms with van der Waals surface area (Å²) in [6.07, 6.45) is 4.11. The van der Waals surface area contributed by atoms with Crippen LogP contribution in [0.1, 0.15) is 36.1 Å². The normalized spacial score (nSPS) is 29.7. The number of hydrogen-bond donors (Lipinski definition) is 2. The minimum atomic E-state index is -1.59. The molecule has 0 saturated carbocycles. The number of halogens is 2. The van der Waals surface area contributed by atoms with Gasteiger partial charge in [-0.25, -0.2) is 0 Å². The highest BCUT2D eigenvalue weighted by molar-refractivity contribution is 9.11. The fourth-order valence-corrected chi connectivity index (χ4v) is 8.59. The summed E-state index contributed by atoms with van der Waals surface area (Å²) in [5, 5.41) is 14.1.